The van der Waals surface area contributed by atoms with E-state index in [1.807, 2.05) is 12.1 Å². The standard InChI is InChI=1S/C12H16O2S/c1-13-11-5-3-10(4-6-11)12-9-14-7-8-15(12)2/h3-6,12H,2,7-9H2,1H3. The average Bonchev–Trinajstić information content (AvgIpc) is 2.30. The molecule has 0 aliphatic carbocycles. The Morgan fingerprint density at radius 3 is 2.73 bits per heavy atom. The zero-order chi connectivity index (χ0) is 10.7. The predicted molar refractivity (Wildman–Crippen MR) is 66.1 cm³/mol. The lowest BCUT2D eigenvalue weighted by Crippen LogP contribution is -2.16. The third kappa shape index (κ3) is 2.41. The highest BCUT2D eigenvalue weighted by Crippen LogP contribution is 2.37. The Bertz CT molecular complexity index is 345. The van der Waals surface area contributed by atoms with Gasteiger partial charge in [-0.25, -0.2) is 0 Å². The van der Waals surface area contributed by atoms with Crippen molar-refractivity contribution in [1.82, 2.24) is 0 Å². The molecule has 1 saturated heterocycles. The van der Waals surface area contributed by atoms with Gasteiger partial charge in [-0.1, -0.05) is 18.0 Å². The van der Waals surface area contributed by atoms with E-state index in [4.69, 9.17) is 9.47 Å². The van der Waals surface area contributed by atoms with Gasteiger partial charge < -0.3 is 9.47 Å². The normalized spacial score (nSPS) is 26.2. The van der Waals surface area contributed by atoms with Gasteiger partial charge in [0.15, 0.2) is 0 Å². The van der Waals surface area contributed by atoms with Crippen molar-refractivity contribution in [3.8, 4) is 5.75 Å². The highest BCUT2D eigenvalue weighted by atomic mass is 32.2. The van der Waals surface area contributed by atoms with Crippen LogP contribution in [0, 0.1) is 0 Å². The quantitative estimate of drug-likeness (QED) is 0.718. The van der Waals surface area contributed by atoms with Gasteiger partial charge in [0, 0.05) is 11.0 Å². The molecule has 3 heteroatoms. The van der Waals surface area contributed by atoms with E-state index >= 15 is 0 Å². The van der Waals surface area contributed by atoms with E-state index in [-0.39, 0.29) is 10.5 Å². The Balaban J connectivity index is 2.17. The Labute approximate surface area is 93.1 Å². The Morgan fingerprint density at radius 2 is 2.13 bits per heavy atom. The second kappa shape index (κ2) is 4.81. The van der Waals surface area contributed by atoms with Gasteiger partial charge in [-0.15, -0.1) is 0 Å². The monoisotopic (exact) mass is 224 g/mol. The first-order valence-corrected chi connectivity index (χ1v) is 6.65. The summed E-state index contributed by atoms with van der Waals surface area (Å²) < 4.78 is 10.6. The minimum atomic E-state index is 0.197. The van der Waals surface area contributed by atoms with Crippen molar-refractivity contribution < 1.29 is 9.47 Å². The maximum absolute atomic E-state index is 5.50. The molecule has 0 aromatic heterocycles. The summed E-state index contributed by atoms with van der Waals surface area (Å²) in [5.74, 6) is 6.20. The molecule has 1 heterocycles. The Kier molecular flexibility index (Phi) is 3.44. The van der Waals surface area contributed by atoms with Crippen molar-refractivity contribution in [2.75, 3.05) is 26.1 Å². The molecule has 0 saturated carbocycles. The van der Waals surface area contributed by atoms with Crippen molar-refractivity contribution in [3.05, 3.63) is 29.8 Å². The summed E-state index contributed by atoms with van der Waals surface area (Å²) >= 11 is 0. The topological polar surface area (TPSA) is 18.5 Å². The molecule has 0 N–H and O–H groups in total. The van der Waals surface area contributed by atoms with Gasteiger partial charge in [-0.3, -0.25) is 0 Å². The van der Waals surface area contributed by atoms with Crippen LogP contribution in [0.5, 0.6) is 5.75 Å². The molecule has 15 heavy (non-hydrogen) atoms. The summed E-state index contributed by atoms with van der Waals surface area (Å²) in [6.45, 7) is 1.66. The lowest BCUT2D eigenvalue weighted by Gasteiger charge is -2.26. The number of benzene rings is 1. The number of hydrogen-bond donors (Lipinski definition) is 0. The number of hydrogen-bond acceptors (Lipinski definition) is 2. The summed E-state index contributed by atoms with van der Waals surface area (Å²) in [5.41, 5.74) is 1.31. The number of rotatable bonds is 2. The van der Waals surface area contributed by atoms with Crippen LogP contribution < -0.4 is 4.74 Å². The van der Waals surface area contributed by atoms with E-state index in [1.165, 1.54) is 5.56 Å². The van der Waals surface area contributed by atoms with Crippen LogP contribution in [0.25, 0.3) is 0 Å². The molecule has 2 rings (SSSR count). The molecule has 1 aromatic rings. The highest BCUT2D eigenvalue weighted by molar-refractivity contribution is 8.14. The zero-order valence-electron chi connectivity index (χ0n) is 8.94. The number of methoxy groups -OCH3 is 1. The molecule has 82 valence electrons. The van der Waals surface area contributed by atoms with Crippen LogP contribution in [-0.2, 0) is 4.74 Å². The van der Waals surface area contributed by atoms with Gasteiger partial charge in [0.2, 0.25) is 0 Å². The maximum atomic E-state index is 5.50. The summed E-state index contributed by atoms with van der Waals surface area (Å²) in [4.78, 5) is 0. The fraction of sp³-hybridized carbons (Fsp3) is 0.417. The minimum Gasteiger partial charge on any atom is -0.497 e. The molecule has 2 nitrogen and oxygen atoms in total. The van der Waals surface area contributed by atoms with E-state index in [0.717, 1.165) is 24.7 Å². The van der Waals surface area contributed by atoms with Crippen LogP contribution in [-0.4, -0.2) is 31.9 Å². The first kappa shape index (κ1) is 10.7. The summed E-state index contributed by atoms with van der Waals surface area (Å²) in [6, 6.07) is 8.23. The van der Waals surface area contributed by atoms with E-state index in [1.54, 1.807) is 7.11 Å². The van der Waals surface area contributed by atoms with Crippen LogP contribution in [0.3, 0.4) is 0 Å². The van der Waals surface area contributed by atoms with Crippen molar-refractivity contribution >= 4 is 16.4 Å². The maximum Gasteiger partial charge on any atom is 0.118 e. The van der Waals surface area contributed by atoms with Crippen LogP contribution in [0.4, 0.5) is 0 Å². The molecular weight excluding hydrogens is 208 g/mol. The molecule has 0 spiro atoms. The molecular formula is C12H16O2S. The van der Waals surface area contributed by atoms with Crippen molar-refractivity contribution in [2.45, 2.75) is 5.25 Å². The van der Waals surface area contributed by atoms with E-state index in [0.29, 0.717) is 5.25 Å². The SMILES string of the molecule is C=S1CCOCC1c1ccc(OC)cc1. The summed E-state index contributed by atoms with van der Waals surface area (Å²) in [5, 5.41) is 0.463. The Hall–Kier alpha value is -0.800. The molecule has 1 aromatic carbocycles. The largest absolute Gasteiger partial charge is 0.497 e. The third-order valence-corrected chi connectivity index (χ3v) is 4.55. The molecule has 1 aliphatic heterocycles. The molecule has 2 unspecified atom stereocenters. The lowest BCUT2D eigenvalue weighted by atomic mass is 10.1. The van der Waals surface area contributed by atoms with Gasteiger partial charge in [-0.2, -0.15) is 10.5 Å². The first-order valence-electron chi connectivity index (χ1n) is 5.02. The fourth-order valence-corrected chi connectivity index (χ4v) is 3.15. The predicted octanol–water partition coefficient (Wildman–Crippen LogP) is 2.47. The van der Waals surface area contributed by atoms with E-state index < -0.39 is 0 Å². The van der Waals surface area contributed by atoms with Gasteiger partial charge in [-0.05, 0) is 17.7 Å². The summed E-state index contributed by atoms with van der Waals surface area (Å²) in [6.07, 6.45) is 0. The lowest BCUT2D eigenvalue weighted by molar-refractivity contribution is 0.143. The van der Waals surface area contributed by atoms with Crippen LogP contribution >= 0.6 is 10.5 Å². The minimum absolute atomic E-state index is 0.197. The molecule has 2 atom stereocenters. The molecule has 1 fully saturated rings. The third-order valence-electron chi connectivity index (χ3n) is 2.65. The van der Waals surface area contributed by atoms with Gasteiger partial charge in [0.25, 0.3) is 0 Å². The second-order valence-electron chi connectivity index (χ2n) is 3.58. The second-order valence-corrected chi connectivity index (χ2v) is 5.63. The van der Waals surface area contributed by atoms with Crippen LogP contribution in [0.15, 0.2) is 24.3 Å². The smallest absolute Gasteiger partial charge is 0.118 e. The highest BCUT2D eigenvalue weighted by Gasteiger charge is 2.18. The average molecular weight is 224 g/mol. The first-order chi connectivity index (χ1) is 7.31. The summed E-state index contributed by atoms with van der Waals surface area (Å²) in [7, 11) is 1.88. The van der Waals surface area contributed by atoms with Crippen molar-refractivity contribution in [2.24, 2.45) is 0 Å². The van der Waals surface area contributed by atoms with Crippen molar-refractivity contribution in [3.63, 3.8) is 0 Å². The molecule has 1 aliphatic rings. The van der Waals surface area contributed by atoms with Crippen LogP contribution in [0.2, 0.25) is 0 Å². The zero-order valence-corrected chi connectivity index (χ0v) is 9.76. The van der Waals surface area contributed by atoms with Crippen molar-refractivity contribution in [1.29, 1.82) is 0 Å². The van der Waals surface area contributed by atoms with E-state index in [9.17, 15) is 0 Å². The van der Waals surface area contributed by atoms with E-state index in [2.05, 4.69) is 18.0 Å². The molecule has 0 radical (unpaired) electrons. The number of ether oxygens (including phenoxy) is 2. The van der Waals surface area contributed by atoms with Gasteiger partial charge in [0.1, 0.15) is 5.75 Å². The van der Waals surface area contributed by atoms with Gasteiger partial charge in [0.05, 0.1) is 20.3 Å². The van der Waals surface area contributed by atoms with Crippen LogP contribution in [0.1, 0.15) is 10.8 Å². The Morgan fingerprint density at radius 1 is 1.40 bits per heavy atom. The molecule has 0 bridgehead atoms. The van der Waals surface area contributed by atoms with Gasteiger partial charge >= 0.3 is 0 Å². The molecule has 0 amide bonds. The fourth-order valence-electron chi connectivity index (χ4n) is 1.70.